The summed E-state index contributed by atoms with van der Waals surface area (Å²) in [6.07, 6.45) is 0.357. The van der Waals surface area contributed by atoms with Gasteiger partial charge < -0.3 is 9.52 Å². The Bertz CT molecular complexity index is 670. The van der Waals surface area contributed by atoms with Gasteiger partial charge in [-0.15, -0.1) is 10.2 Å². The molecule has 0 aliphatic heterocycles. The minimum atomic E-state index is -0.874. The highest BCUT2D eigenvalue weighted by Crippen LogP contribution is 2.30. The van der Waals surface area contributed by atoms with Crippen molar-refractivity contribution in [1.82, 2.24) is 10.2 Å². The molecule has 0 spiro atoms. The van der Waals surface area contributed by atoms with E-state index in [1.807, 2.05) is 13.8 Å². The minimum Gasteiger partial charge on any atom is -0.481 e. The molecule has 0 fully saturated rings. The first-order chi connectivity index (χ1) is 9.77. The second-order valence-electron chi connectivity index (χ2n) is 5.54. The van der Waals surface area contributed by atoms with Crippen LogP contribution in [0.4, 0.5) is 4.39 Å². The highest BCUT2D eigenvalue weighted by atomic mass is 79.9. The summed E-state index contributed by atoms with van der Waals surface area (Å²) in [6, 6.07) is 4.16. The van der Waals surface area contributed by atoms with Crippen molar-refractivity contribution in [3.05, 3.63) is 34.4 Å². The Morgan fingerprint density at radius 3 is 2.76 bits per heavy atom. The van der Waals surface area contributed by atoms with E-state index in [0.717, 1.165) is 0 Å². The molecule has 0 bridgehead atoms. The first-order valence-corrected chi connectivity index (χ1v) is 7.06. The van der Waals surface area contributed by atoms with Gasteiger partial charge in [0.25, 0.3) is 0 Å². The van der Waals surface area contributed by atoms with Crippen LogP contribution >= 0.6 is 15.9 Å². The summed E-state index contributed by atoms with van der Waals surface area (Å²) < 4.78 is 19.1. The van der Waals surface area contributed by atoms with Crippen molar-refractivity contribution in [2.75, 3.05) is 0 Å². The summed E-state index contributed by atoms with van der Waals surface area (Å²) in [5, 5.41) is 16.7. The Morgan fingerprint density at radius 1 is 1.43 bits per heavy atom. The Hall–Kier alpha value is -1.76. The van der Waals surface area contributed by atoms with Crippen molar-refractivity contribution in [2.45, 2.75) is 26.7 Å². The fraction of sp³-hybridized carbons (Fsp3) is 0.357. The van der Waals surface area contributed by atoms with Crippen LogP contribution in [0.1, 0.15) is 26.2 Å². The van der Waals surface area contributed by atoms with Gasteiger partial charge >= 0.3 is 5.97 Å². The SMILES string of the molecule is CC(C)(CC(=O)O)Cc1nnc(-c2ccc(F)cc2Br)o1. The lowest BCUT2D eigenvalue weighted by Gasteiger charge is -2.19. The van der Waals surface area contributed by atoms with Crippen LogP contribution in [0.5, 0.6) is 0 Å². The van der Waals surface area contributed by atoms with Gasteiger partial charge in [0.2, 0.25) is 11.8 Å². The van der Waals surface area contributed by atoms with E-state index < -0.39 is 11.4 Å². The molecule has 0 unspecified atom stereocenters. The molecule has 1 N–H and O–H groups in total. The monoisotopic (exact) mass is 356 g/mol. The van der Waals surface area contributed by atoms with Gasteiger partial charge in [-0.05, 0) is 39.5 Å². The third-order valence-corrected chi connectivity index (χ3v) is 3.54. The van der Waals surface area contributed by atoms with Gasteiger partial charge in [0.05, 0.1) is 12.0 Å². The Kier molecular flexibility index (Phi) is 4.41. The molecule has 0 saturated heterocycles. The lowest BCUT2D eigenvalue weighted by atomic mass is 9.86. The number of hydrogen-bond acceptors (Lipinski definition) is 4. The average molecular weight is 357 g/mol. The zero-order chi connectivity index (χ0) is 15.6. The van der Waals surface area contributed by atoms with E-state index in [0.29, 0.717) is 22.3 Å². The minimum absolute atomic E-state index is 0.00492. The normalized spacial score (nSPS) is 11.6. The molecule has 0 aliphatic carbocycles. The van der Waals surface area contributed by atoms with Gasteiger partial charge in [-0.25, -0.2) is 4.39 Å². The molecule has 2 rings (SSSR count). The van der Waals surface area contributed by atoms with Crippen LogP contribution in [0.15, 0.2) is 27.1 Å². The number of carboxylic acids is 1. The third-order valence-electron chi connectivity index (χ3n) is 2.89. The van der Waals surface area contributed by atoms with Gasteiger partial charge in [-0.3, -0.25) is 4.79 Å². The van der Waals surface area contributed by atoms with Crippen molar-refractivity contribution in [2.24, 2.45) is 5.41 Å². The number of halogens is 2. The van der Waals surface area contributed by atoms with Gasteiger partial charge in [0, 0.05) is 10.9 Å². The number of benzene rings is 1. The molecular formula is C14H14BrFN2O3. The van der Waals surface area contributed by atoms with E-state index in [1.54, 1.807) is 6.07 Å². The van der Waals surface area contributed by atoms with Crippen molar-refractivity contribution < 1.29 is 18.7 Å². The maximum atomic E-state index is 13.1. The fourth-order valence-corrected chi connectivity index (χ4v) is 2.50. The molecule has 0 radical (unpaired) electrons. The van der Waals surface area contributed by atoms with Gasteiger partial charge in [-0.1, -0.05) is 13.8 Å². The summed E-state index contributed by atoms with van der Waals surface area (Å²) >= 11 is 3.24. The number of nitrogens with zero attached hydrogens (tertiary/aromatic N) is 2. The molecule has 21 heavy (non-hydrogen) atoms. The summed E-state index contributed by atoms with van der Waals surface area (Å²) in [6.45, 7) is 3.64. The van der Waals surface area contributed by atoms with E-state index in [-0.39, 0.29) is 18.1 Å². The first kappa shape index (κ1) is 15.6. The highest BCUT2D eigenvalue weighted by Gasteiger charge is 2.25. The number of carbonyl (C=O) groups is 1. The van der Waals surface area contributed by atoms with E-state index in [1.165, 1.54) is 12.1 Å². The van der Waals surface area contributed by atoms with Crippen LogP contribution in [0.3, 0.4) is 0 Å². The standard InChI is InChI=1S/C14H14BrFN2O3/c1-14(2,7-12(19)20)6-11-17-18-13(21-11)9-4-3-8(16)5-10(9)15/h3-5H,6-7H2,1-2H3,(H,19,20). The molecule has 0 saturated carbocycles. The molecule has 0 aliphatic rings. The molecular weight excluding hydrogens is 343 g/mol. The van der Waals surface area contributed by atoms with E-state index in [9.17, 15) is 9.18 Å². The lowest BCUT2D eigenvalue weighted by molar-refractivity contribution is -0.139. The highest BCUT2D eigenvalue weighted by molar-refractivity contribution is 9.10. The first-order valence-electron chi connectivity index (χ1n) is 6.26. The van der Waals surface area contributed by atoms with Gasteiger partial charge in [0.15, 0.2) is 0 Å². The number of aromatic nitrogens is 2. The quantitative estimate of drug-likeness (QED) is 0.883. The smallest absolute Gasteiger partial charge is 0.303 e. The zero-order valence-corrected chi connectivity index (χ0v) is 13.1. The van der Waals surface area contributed by atoms with Crippen molar-refractivity contribution >= 4 is 21.9 Å². The molecule has 0 amide bonds. The molecule has 1 aromatic heterocycles. The molecule has 112 valence electrons. The Balaban J connectivity index is 2.20. The number of hydrogen-bond donors (Lipinski definition) is 1. The molecule has 1 heterocycles. The lowest BCUT2D eigenvalue weighted by Crippen LogP contribution is -2.19. The number of rotatable bonds is 5. The Labute approximate surface area is 129 Å². The second-order valence-corrected chi connectivity index (χ2v) is 6.39. The number of carboxylic acid groups (broad SMARTS) is 1. The third kappa shape index (κ3) is 4.10. The maximum absolute atomic E-state index is 13.1. The van der Waals surface area contributed by atoms with Crippen LogP contribution in [0.25, 0.3) is 11.5 Å². The van der Waals surface area contributed by atoms with Gasteiger partial charge in [0.1, 0.15) is 5.82 Å². The summed E-state index contributed by atoms with van der Waals surface area (Å²) in [7, 11) is 0. The van der Waals surface area contributed by atoms with E-state index >= 15 is 0 Å². The predicted octanol–water partition coefficient (Wildman–Crippen LogP) is 3.68. The maximum Gasteiger partial charge on any atom is 0.303 e. The second kappa shape index (κ2) is 5.93. The van der Waals surface area contributed by atoms with Crippen LogP contribution in [0, 0.1) is 11.2 Å². The summed E-state index contributed by atoms with van der Waals surface area (Å²) in [5.74, 6) is -0.621. The van der Waals surface area contributed by atoms with Crippen molar-refractivity contribution in [3.63, 3.8) is 0 Å². The van der Waals surface area contributed by atoms with Crippen LogP contribution in [-0.4, -0.2) is 21.3 Å². The van der Waals surface area contributed by atoms with Crippen molar-refractivity contribution in [3.8, 4) is 11.5 Å². The largest absolute Gasteiger partial charge is 0.481 e. The van der Waals surface area contributed by atoms with E-state index in [2.05, 4.69) is 26.1 Å². The summed E-state index contributed by atoms with van der Waals surface area (Å²) in [4.78, 5) is 10.8. The predicted molar refractivity (Wildman–Crippen MR) is 77.1 cm³/mol. The average Bonchev–Trinajstić information content (AvgIpc) is 2.74. The van der Waals surface area contributed by atoms with Gasteiger partial charge in [-0.2, -0.15) is 0 Å². The van der Waals surface area contributed by atoms with E-state index in [4.69, 9.17) is 9.52 Å². The van der Waals surface area contributed by atoms with Crippen LogP contribution in [0.2, 0.25) is 0 Å². The number of aliphatic carboxylic acids is 1. The fourth-order valence-electron chi connectivity index (χ4n) is 1.98. The molecule has 2 aromatic rings. The Morgan fingerprint density at radius 2 is 2.14 bits per heavy atom. The van der Waals surface area contributed by atoms with Crippen LogP contribution in [-0.2, 0) is 11.2 Å². The summed E-state index contributed by atoms with van der Waals surface area (Å²) in [5.41, 5.74) is 0.0987. The zero-order valence-electron chi connectivity index (χ0n) is 11.6. The molecule has 1 aromatic carbocycles. The van der Waals surface area contributed by atoms with Crippen LogP contribution < -0.4 is 0 Å². The molecule has 7 heteroatoms. The topological polar surface area (TPSA) is 76.2 Å². The molecule has 5 nitrogen and oxygen atoms in total. The van der Waals surface area contributed by atoms with Crippen molar-refractivity contribution in [1.29, 1.82) is 0 Å². The molecule has 0 atom stereocenters.